The Kier molecular flexibility index (Phi) is 17.3. The molecule has 5 aromatic rings. The van der Waals surface area contributed by atoms with Crippen LogP contribution in [0.1, 0.15) is 53.7 Å². The number of hydrogen-bond acceptors (Lipinski definition) is 11. The van der Waals surface area contributed by atoms with Gasteiger partial charge in [-0.15, -0.1) is 0 Å². The van der Waals surface area contributed by atoms with Gasteiger partial charge in [0.2, 0.25) is 17.7 Å². The molecule has 0 aromatic heterocycles. The first-order chi connectivity index (χ1) is 32.3. The summed E-state index contributed by atoms with van der Waals surface area (Å²) in [6.45, 7) is 2.45. The monoisotopic (exact) mass is 933 g/mol. The van der Waals surface area contributed by atoms with Gasteiger partial charge in [0.05, 0.1) is 0 Å². The van der Waals surface area contributed by atoms with Gasteiger partial charge >= 0.3 is 5.97 Å². The highest BCUT2D eigenvalue weighted by atomic mass is 35.5. The Bertz CT molecular complexity index is 2520. The highest BCUT2D eigenvalue weighted by Crippen LogP contribution is 2.40. The van der Waals surface area contributed by atoms with Crippen molar-refractivity contribution >= 4 is 41.2 Å². The molecule has 4 atom stereocenters. The minimum absolute atomic E-state index is 0.0953. The van der Waals surface area contributed by atoms with Gasteiger partial charge in [-0.1, -0.05) is 48.0 Å². The third-order valence-corrected chi connectivity index (χ3v) is 11.4. The lowest BCUT2D eigenvalue weighted by Gasteiger charge is -2.32. The Hall–Kier alpha value is -6.98. The Morgan fingerprint density at radius 1 is 0.761 bits per heavy atom. The summed E-state index contributed by atoms with van der Waals surface area (Å²) in [5.41, 5.74) is 21.3. The Morgan fingerprint density at radius 3 is 1.94 bits per heavy atom. The van der Waals surface area contributed by atoms with Gasteiger partial charge < -0.3 is 57.4 Å². The lowest BCUT2D eigenvalue weighted by atomic mass is 9.93. The van der Waals surface area contributed by atoms with E-state index in [1.807, 2.05) is 24.3 Å². The van der Waals surface area contributed by atoms with E-state index >= 15 is 0 Å². The number of nitrogens with one attached hydrogen (secondary N) is 3. The number of carbonyl (C=O) groups is 5. The summed E-state index contributed by atoms with van der Waals surface area (Å²) in [7, 11) is 1.44. The summed E-state index contributed by atoms with van der Waals surface area (Å²) in [4.78, 5) is 70.4. The van der Waals surface area contributed by atoms with Crippen molar-refractivity contribution in [1.82, 2.24) is 20.9 Å². The van der Waals surface area contributed by atoms with Crippen molar-refractivity contribution < 1.29 is 43.3 Å². The van der Waals surface area contributed by atoms with Crippen molar-refractivity contribution in [3.63, 3.8) is 0 Å². The second-order valence-corrected chi connectivity index (χ2v) is 16.5. The first kappa shape index (κ1) is 49.5. The number of carboxylic acid groups (broad SMARTS) is 1. The van der Waals surface area contributed by atoms with Crippen molar-refractivity contribution in [2.45, 2.75) is 56.8 Å². The summed E-state index contributed by atoms with van der Waals surface area (Å²) in [6.07, 6.45) is 1.15. The number of amides is 4. The molecule has 67 heavy (non-hydrogen) atoms. The van der Waals surface area contributed by atoms with Gasteiger partial charge in [0.15, 0.2) is 0 Å². The molecule has 0 saturated carbocycles. The van der Waals surface area contributed by atoms with Crippen LogP contribution in [0.2, 0.25) is 5.02 Å². The number of nitrogens with zero attached hydrogens (tertiary/aromatic N) is 1. The third-order valence-electron chi connectivity index (χ3n) is 11.1. The first-order valence-electron chi connectivity index (χ1n) is 22.0. The summed E-state index contributed by atoms with van der Waals surface area (Å²) in [6, 6.07) is 26.5. The molecule has 1 aliphatic heterocycles. The number of likely N-dealkylation sites (N-methyl/N-ethyl adjacent to an activating group) is 1. The average molecular weight is 934 g/mol. The van der Waals surface area contributed by atoms with Gasteiger partial charge in [-0.25, -0.2) is 4.79 Å². The van der Waals surface area contributed by atoms with Crippen molar-refractivity contribution in [2.24, 2.45) is 17.2 Å². The zero-order valence-corrected chi connectivity index (χ0v) is 38.1. The fourth-order valence-electron chi connectivity index (χ4n) is 7.61. The van der Waals surface area contributed by atoms with E-state index in [0.29, 0.717) is 75.2 Å². The van der Waals surface area contributed by atoms with Crippen molar-refractivity contribution in [2.75, 3.05) is 39.9 Å². The van der Waals surface area contributed by atoms with Gasteiger partial charge in [0.1, 0.15) is 60.4 Å². The van der Waals surface area contributed by atoms with Crippen LogP contribution in [0.5, 0.6) is 23.0 Å². The minimum atomic E-state index is -1.38. The highest BCUT2D eigenvalue weighted by Gasteiger charge is 2.36. The standard InChI is InChI=1S/C50H56ClN7O9/c1-30-46(59)57-42(50(63)64)28-31-6-20-43(65-25-23-53)39(27-31)40-29-35(13-21-44(40)66-26-24-54)45(48(61)55-30)58(2)49(62)41(5-3-4-22-52)56-47(60)34-9-7-32(8-10-34)33-11-16-37(17-12-33)67-38-18-14-36(51)15-19-38/h6-21,27,29-30,41-42,45H,3-5,22-26,28,52-54H2,1-2H3,(H,55,61)(H,56,60)(H,57,59)(H,63,64). The second-order valence-electron chi connectivity index (χ2n) is 16.0. The molecule has 0 saturated heterocycles. The molecule has 17 heteroatoms. The number of halogens is 1. The number of fused-ring (bicyclic) bond motifs is 5. The predicted octanol–water partition coefficient (Wildman–Crippen LogP) is 5.20. The smallest absolute Gasteiger partial charge is 0.326 e. The molecular formula is C50H56ClN7O9. The van der Waals surface area contributed by atoms with Crippen LogP contribution in [-0.2, 0) is 25.6 Å². The van der Waals surface area contributed by atoms with Crippen LogP contribution in [0, 0.1) is 0 Å². The molecule has 0 fully saturated rings. The molecule has 5 aromatic carbocycles. The second kappa shape index (κ2) is 23.5. The zero-order valence-electron chi connectivity index (χ0n) is 37.3. The maximum Gasteiger partial charge on any atom is 0.326 e. The van der Waals surface area contributed by atoms with Crippen LogP contribution in [0.3, 0.4) is 0 Å². The number of hydrogen-bond donors (Lipinski definition) is 7. The van der Waals surface area contributed by atoms with Gasteiger partial charge in [0, 0.05) is 48.3 Å². The molecular weight excluding hydrogens is 878 g/mol. The van der Waals surface area contributed by atoms with Crippen LogP contribution in [0.15, 0.2) is 109 Å². The number of carbonyl (C=O) groups excluding carboxylic acids is 4. The predicted molar refractivity (Wildman–Crippen MR) is 255 cm³/mol. The first-order valence-corrected chi connectivity index (χ1v) is 22.4. The van der Waals surface area contributed by atoms with Gasteiger partial charge in [-0.2, -0.15) is 0 Å². The molecule has 0 radical (unpaired) electrons. The van der Waals surface area contributed by atoms with E-state index in [1.54, 1.807) is 84.9 Å². The fourth-order valence-corrected chi connectivity index (χ4v) is 7.73. The van der Waals surface area contributed by atoms with Crippen LogP contribution in [0.25, 0.3) is 22.3 Å². The lowest BCUT2D eigenvalue weighted by molar-refractivity contribution is -0.143. The van der Waals surface area contributed by atoms with Crippen molar-refractivity contribution in [3.8, 4) is 45.3 Å². The number of carboxylic acids is 1. The van der Waals surface area contributed by atoms with E-state index in [9.17, 15) is 29.1 Å². The van der Waals surface area contributed by atoms with Crippen LogP contribution >= 0.6 is 11.6 Å². The number of aliphatic carboxylic acids is 1. The third kappa shape index (κ3) is 12.9. The molecule has 16 nitrogen and oxygen atoms in total. The van der Waals surface area contributed by atoms with Gasteiger partial charge in [-0.05, 0) is 128 Å². The quantitative estimate of drug-likeness (QED) is 0.0561. The number of benzene rings is 5. The lowest BCUT2D eigenvalue weighted by Crippen LogP contribution is -2.54. The summed E-state index contributed by atoms with van der Waals surface area (Å²) in [5.74, 6) is -1.85. The average Bonchev–Trinajstić information content (AvgIpc) is 3.33. The van der Waals surface area contributed by atoms with E-state index in [2.05, 4.69) is 16.0 Å². The normalized spacial score (nSPS) is 16.4. The van der Waals surface area contributed by atoms with Crippen LogP contribution < -0.4 is 47.4 Å². The van der Waals surface area contributed by atoms with E-state index in [1.165, 1.54) is 18.9 Å². The molecule has 6 rings (SSSR count). The topological polar surface area (TPSA) is 251 Å². The summed E-state index contributed by atoms with van der Waals surface area (Å²) in [5, 5.41) is 18.9. The maximum atomic E-state index is 14.8. The van der Waals surface area contributed by atoms with E-state index in [0.717, 1.165) is 11.1 Å². The molecule has 1 heterocycles. The minimum Gasteiger partial charge on any atom is -0.492 e. The van der Waals surface area contributed by atoms with E-state index in [-0.39, 0.29) is 39.1 Å². The summed E-state index contributed by atoms with van der Waals surface area (Å²) < 4.78 is 18.1. The molecule has 4 amide bonds. The Labute approximate surface area is 394 Å². The number of unbranched alkanes of at least 4 members (excludes halogenated alkanes) is 1. The number of rotatable bonds is 18. The Balaban J connectivity index is 1.32. The van der Waals surface area contributed by atoms with E-state index in [4.69, 9.17) is 43.0 Å². The van der Waals surface area contributed by atoms with E-state index < -0.39 is 53.8 Å². The summed E-state index contributed by atoms with van der Waals surface area (Å²) >= 11 is 5.99. The molecule has 10 N–H and O–H groups in total. The molecule has 0 aliphatic carbocycles. The van der Waals surface area contributed by atoms with Crippen molar-refractivity contribution in [1.29, 1.82) is 0 Å². The molecule has 1 aliphatic rings. The van der Waals surface area contributed by atoms with Gasteiger partial charge in [-0.3, -0.25) is 19.2 Å². The largest absolute Gasteiger partial charge is 0.492 e. The van der Waals surface area contributed by atoms with Crippen molar-refractivity contribution in [3.05, 3.63) is 131 Å². The molecule has 4 unspecified atom stereocenters. The number of ether oxygens (including phenoxy) is 3. The van der Waals surface area contributed by atoms with Crippen LogP contribution in [0.4, 0.5) is 0 Å². The Morgan fingerprint density at radius 2 is 1.34 bits per heavy atom. The number of nitrogens with two attached hydrogens (primary N) is 3. The molecule has 0 spiro atoms. The SMILES string of the molecule is CC1NC(=O)C(N(C)C(=O)C(CCCCN)NC(=O)c2ccc(-c3ccc(Oc4ccc(Cl)cc4)cc3)cc2)c2ccc(OCCN)c(c2)-c2cc(ccc2OCCN)CC(C(=O)O)NC1=O. The van der Waals surface area contributed by atoms with Gasteiger partial charge in [0.25, 0.3) is 5.91 Å². The highest BCUT2D eigenvalue weighted by molar-refractivity contribution is 6.30. The molecule has 4 bridgehead atoms. The molecule has 352 valence electrons. The zero-order chi connectivity index (χ0) is 48.0. The fraction of sp³-hybridized carbons (Fsp3) is 0.300. The van der Waals surface area contributed by atoms with Crippen LogP contribution in [-0.4, -0.2) is 97.6 Å². The maximum absolute atomic E-state index is 14.8.